The molecule has 0 bridgehead atoms. The Balaban J connectivity index is 1.25. The van der Waals surface area contributed by atoms with E-state index in [2.05, 4.69) is 42.5 Å². The quantitative estimate of drug-likeness (QED) is 0.202. The number of fused-ring (bicyclic) bond motifs is 1. The van der Waals surface area contributed by atoms with Gasteiger partial charge in [-0.1, -0.05) is 72.8 Å². The van der Waals surface area contributed by atoms with Gasteiger partial charge in [0.25, 0.3) is 11.1 Å². The Bertz CT molecular complexity index is 1480. The molecular weight excluding hydrogens is 494 g/mol. The molecule has 192 valence electrons. The smallest absolute Gasteiger partial charge is 0.293 e. The maximum absolute atomic E-state index is 13.0. The Kier molecular flexibility index (Phi) is 8.09. The Morgan fingerprint density at radius 1 is 0.789 bits per heavy atom. The van der Waals surface area contributed by atoms with Gasteiger partial charge in [-0.3, -0.25) is 14.5 Å². The highest BCUT2D eigenvalue weighted by atomic mass is 32.2. The normalized spacial score (nSPS) is 14.4. The number of imide groups is 1. The molecule has 38 heavy (non-hydrogen) atoms. The van der Waals surface area contributed by atoms with Gasteiger partial charge in [-0.05, 0) is 83.3 Å². The summed E-state index contributed by atoms with van der Waals surface area (Å²) in [6.45, 7) is 3.21. The average molecular weight is 524 g/mol. The molecule has 0 aliphatic carbocycles. The number of aryl methyl sites for hydroxylation is 1. The van der Waals surface area contributed by atoms with Crippen LogP contribution in [0.5, 0.6) is 11.5 Å². The molecular formula is C32H29NO4S. The van der Waals surface area contributed by atoms with Gasteiger partial charge in [0.1, 0.15) is 6.61 Å². The average Bonchev–Trinajstić information content (AvgIpc) is 3.20. The van der Waals surface area contributed by atoms with E-state index in [1.807, 2.05) is 55.5 Å². The molecule has 4 aromatic rings. The third kappa shape index (κ3) is 6.09. The molecule has 1 fully saturated rings. The molecule has 0 spiro atoms. The molecule has 6 heteroatoms. The van der Waals surface area contributed by atoms with Crippen molar-refractivity contribution >= 4 is 39.8 Å². The topological polar surface area (TPSA) is 55.8 Å². The number of ether oxygens (including phenoxy) is 2. The van der Waals surface area contributed by atoms with Crippen molar-refractivity contribution in [3.05, 3.63) is 113 Å². The zero-order valence-corrected chi connectivity index (χ0v) is 22.1. The summed E-state index contributed by atoms with van der Waals surface area (Å²) in [4.78, 5) is 27.2. The molecule has 1 aliphatic heterocycles. The summed E-state index contributed by atoms with van der Waals surface area (Å²) in [5.74, 6) is 0.984. The molecule has 5 nitrogen and oxygen atoms in total. The van der Waals surface area contributed by atoms with Crippen molar-refractivity contribution in [2.45, 2.75) is 26.4 Å². The molecule has 0 unspecified atom stereocenters. The summed E-state index contributed by atoms with van der Waals surface area (Å²) in [5, 5.41) is 2.13. The summed E-state index contributed by atoms with van der Waals surface area (Å²) in [6.07, 6.45) is 3.30. The molecule has 2 amide bonds. The van der Waals surface area contributed by atoms with Crippen LogP contribution in [0.3, 0.4) is 0 Å². The van der Waals surface area contributed by atoms with Gasteiger partial charge in [-0.15, -0.1) is 0 Å². The van der Waals surface area contributed by atoms with Crippen LogP contribution in [-0.4, -0.2) is 29.2 Å². The van der Waals surface area contributed by atoms with Crippen LogP contribution < -0.4 is 9.47 Å². The summed E-state index contributed by atoms with van der Waals surface area (Å²) in [5.41, 5.74) is 3.04. The molecule has 5 rings (SSSR count). The summed E-state index contributed by atoms with van der Waals surface area (Å²) in [7, 11) is 0. The third-order valence-corrected chi connectivity index (χ3v) is 7.24. The van der Waals surface area contributed by atoms with E-state index in [0.717, 1.165) is 35.7 Å². The minimum Gasteiger partial charge on any atom is -0.490 e. The number of carbonyl (C=O) groups is 2. The van der Waals surface area contributed by atoms with Crippen molar-refractivity contribution in [1.82, 2.24) is 4.90 Å². The Labute approximate surface area is 227 Å². The van der Waals surface area contributed by atoms with Gasteiger partial charge in [0.05, 0.1) is 11.5 Å². The number of nitrogens with zero attached hydrogens (tertiary/aromatic N) is 1. The molecule has 1 saturated heterocycles. The van der Waals surface area contributed by atoms with E-state index < -0.39 is 0 Å². The first-order valence-corrected chi connectivity index (χ1v) is 13.6. The second-order valence-corrected chi connectivity index (χ2v) is 10.0. The number of thioether (sulfide) groups is 1. The van der Waals surface area contributed by atoms with E-state index >= 15 is 0 Å². The van der Waals surface area contributed by atoms with Crippen molar-refractivity contribution in [1.29, 1.82) is 0 Å². The molecule has 4 aromatic carbocycles. The lowest BCUT2D eigenvalue weighted by Crippen LogP contribution is -2.29. The lowest BCUT2D eigenvalue weighted by molar-refractivity contribution is -0.122. The first kappa shape index (κ1) is 25.6. The van der Waals surface area contributed by atoms with Crippen LogP contribution in [0.25, 0.3) is 16.8 Å². The van der Waals surface area contributed by atoms with Crippen LogP contribution in [0.4, 0.5) is 4.79 Å². The van der Waals surface area contributed by atoms with Crippen LogP contribution in [0.1, 0.15) is 30.0 Å². The van der Waals surface area contributed by atoms with Gasteiger partial charge < -0.3 is 9.47 Å². The summed E-state index contributed by atoms with van der Waals surface area (Å²) < 4.78 is 11.9. The van der Waals surface area contributed by atoms with Crippen molar-refractivity contribution in [3.63, 3.8) is 0 Å². The van der Waals surface area contributed by atoms with Gasteiger partial charge in [-0.2, -0.15) is 0 Å². The van der Waals surface area contributed by atoms with Crippen molar-refractivity contribution in [3.8, 4) is 11.5 Å². The molecule has 0 N–H and O–H groups in total. The molecule has 0 aromatic heterocycles. The van der Waals surface area contributed by atoms with E-state index in [1.54, 1.807) is 6.08 Å². The number of hydrogen-bond acceptors (Lipinski definition) is 5. The monoisotopic (exact) mass is 523 g/mol. The zero-order valence-electron chi connectivity index (χ0n) is 21.3. The predicted molar refractivity (Wildman–Crippen MR) is 153 cm³/mol. The van der Waals surface area contributed by atoms with Gasteiger partial charge >= 0.3 is 0 Å². The standard InChI is InChI=1S/C32H29NO4S/c1-2-36-29-20-24(15-17-28(29)37-22-25-14-16-26-12-6-7-13-27(26)19-25)21-30-31(34)33(32(35)38-30)18-8-11-23-9-4-3-5-10-23/h3-7,9-10,12-17,19-21H,2,8,11,18,22H2,1H3/b30-21+. The third-order valence-electron chi connectivity index (χ3n) is 6.34. The Morgan fingerprint density at radius 3 is 2.39 bits per heavy atom. The van der Waals surface area contributed by atoms with Gasteiger partial charge in [-0.25, -0.2) is 0 Å². The fourth-order valence-corrected chi connectivity index (χ4v) is 5.29. The summed E-state index contributed by atoms with van der Waals surface area (Å²) in [6, 6.07) is 30.2. The van der Waals surface area contributed by atoms with E-state index in [0.29, 0.717) is 36.2 Å². The maximum Gasteiger partial charge on any atom is 0.293 e. The first-order chi connectivity index (χ1) is 18.6. The van der Waals surface area contributed by atoms with Crippen LogP contribution >= 0.6 is 11.8 Å². The molecule has 0 radical (unpaired) electrons. The number of rotatable bonds is 10. The fourth-order valence-electron chi connectivity index (χ4n) is 4.42. The van der Waals surface area contributed by atoms with E-state index in [-0.39, 0.29) is 11.1 Å². The number of amides is 2. The highest BCUT2D eigenvalue weighted by Crippen LogP contribution is 2.35. The van der Waals surface area contributed by atoms with E-state index in [9.17, 15) is 9.59 Å². The van der Waals surface area contributed by atoms with E-state index in [4.69, 9.17) is 9.47 Å². The highest BCUT2D eigenvalue weighted by Gasteiger charge is 2.34. The van der Waals surface area contributed by atoms with Crippen molar-refractivity contribution < 1.29 is 19.1 Å². The number of benzene rings is 4. The zero-order chi connectivity index (χ0) is 26.3. The van der Waals surface area contributed by atoms with Crippen LogP contribution in [0, 0.1) is 0 Å². The molecule has 0 saturated carbocycles. The number of hydrogen-bond donors (Lipinski definition) is 0. The highest BCUT2D eigenvalue weighted by molar-refractivity contribution is 8.18. The lowest BCUT2D eigenvalue weighted by atomic mass is 10.1. The van der Waals surface area contributed by atoms with Crippen molar-refractivity contribution in [2.24, 2.45) is 0 Å². The van der Waals surface area contributed by atoms with Gasteiger partial charge in [0, 0.05) is 6.54 Å². The maximum atomic E-state index is 13.0. The van der Waals surface area contributed by atoms with Crippen LogP contribution in [0.15, 0.2) is 95.9 Å². The number of carbonyl (C=O) groups excluding carboxylic acids is 2. The Hall–Kier alpha value is -4.03. The van der Waals surface area contributed by atoms with Gasteiger partial charge in [0.2, 0.25) is 0 Å². The van der Waals surface area contributed by atoms with E-state index in [1.165, 1.54) is 21.2 Å². The predicted octanol–water partition coefficient (Wildman–Crippen LogP) is 7.49. The second kappa shape index (κ2) is 12.0. The molecule has 1 heterocycles. The molecule has 1 aliphatic rings. The minimum atomic E-state index is -0.248. The second-order valence-electron chi connectivity index (χ2n) is 9.03. The molecule has 0 atom stereocenters. The van der Waals surface area contributed by atoms with Crippen molar-refractivity contribution in [2.75, 3.05) is 13.2 Å². The fraction of sp³-hybridized carbons (Fsp3) is 0.188. The van der Waals surface area contributed by atoms with Crippen LogP contribution in [0.2, 0.25) is 0 Å². The van der Waals surface area contributed by atoms with Crippen LogP contribution in [-0.2, 0) is 17.8 Å². The lowest BCUT2D eigenvalue weighted by Gasteiger charge is -2.13. The summed E-state index contributed by atoms with van der Waals surface area (Å²) >= 11 is 0.981. The Morgan fingerprint density at radius 2 is 1.58 bits per heavy atom. The SMILES string of the molecule is CCOc1cc(/C=C2/SC(=O)N(CCCc3ccccc3)C2=O)ccc1OCc1ccc2ccccc2c1. The van der Waals surface area contributed by atoms with Gasteiger partial charge in [0.15, 0.2) is 11.5 Å². The largest absolute Gasteiger partial charge is 0.490 e. The first-order valence-electron chi connectivity index (χ1n) is 12.8. The minimum absolute atomic E-state index is 0.227.